The van der Waals surface area contributed by atoms with Crippen LogP contribution in [0.5, 0.6) is 5.75 Å². The summed E-state index contributed by atoms with van der Waals surface area (Å²) in [5, 5.41) is 8.75. The minimum Gasteiger partial charge on any atom is -0.497 e. The Labute approximate surface area is 123 Å². The van der Waals surface area contributed by atoms with E-state index in [1.165, 1.54) is 0 Å². The van der Waals surface area contributed by atoms with Crippen LogP contribution in [0.15, 0.2) is 24.3 Å². The Morgan fingerprint density at radius 3 is 2.48 bits per heavy atom. The first-order valence-electron chi connectivity index (χ1n) is 6.92. The van der Waals surface area contributed by atoms with E-state index < -0.39 is 12.0 Å². The van der Waals surface area contributed by atoms with E-state index in [1.807, 2.05) is 24.3 Å². The van der Waals surface area contributed by atoms with Gasteiger partial charge in [-0.2, -0.15) is 0 Å². The fourth-order valence-electron chi connectivity index (χ4n) is 2.19. The molecular weight excluding hydrogens is 272 g/mol. The predicted octanol–water partition coefficient (Wildman–Crippen LogP) is 0.988. The van der Waals surface area contributed by atoms with Gasteiger partial charge in [-0.05, 0) is 30.5 Å². The summed E-state index contributed by atoms with van der Waals surface area (Å²) in [7, 11) is 1.60. The molecule has 0 saturated heterocycles. The van der Waals surface area contributed by atoms with E-state index >= 15 is 0 Å². The van der Waals surface area contributed by atoms with Crippen molar-refractivity contribution in [2.45, 2.75) is 37.9 Å². The lowest BCUT2D eigenvalue weighted by Crippen LogP contribution is -2.45. The second-order valence-electron chi connectivity index (χ2n) is 5.25. The highest BCUT2D eigenvalue weighted by atomic mass is 16.5. The first-order valence-corrected chi connectivity index (χ1v) is 6.92. The number of rotatable bonds is 7. The molecule has 1 amide bonds. The van der Waals surface area contributed by atoms with Crippen molar-refractivity contribution in [3.05, 3.63) is 29.8 Å². The largest absolute Gasteiger partial charge is 0.497 e. The number of amides is 1. The van der Waals surface area contributed by atoms with Crippen LogP contribution in [-0.4, -0.2) is 41.1 Å². The van der Waals surface area contributed by atoms with Gasteiger partial charge in [0.1, 0.15) is 5.75 Å². The third-order valence-electron chi connectivity index (χ3n) is 3.49. The molecule has 0 heterocycles. The molecule has 0 bridgehead atoms. The van der Waals surface area contributed by atoms with Crippen molar-refractivity contribution in [3.63, 3.8) is 0 Å². The monoisotopic (exact) mass is 292 g/mol. The second-order valence-corrected chi connectivity index (χ2v) is 5.25. The number of ether oxygens (including phenoxy) is 1. The quantitative estimate of drug-likeness (QED) is 0.781. The number of hydrogen-bond acceptors (Lipinski definition) is 4. The zero-order valence-electron chi connectivity index (χ0n) is 12.0. The molecule has 6 nitrogen and oxygen atoms in total. The molecule has 1 aliphatic carbocycles. The van der Waals surface area contributed by atoms with Gasteiger partial charge in [0.25, 0.3) is 0 Å². The standard InChI is InChI=1S/C15H20N2O4/c1-21-12-6-2-10(3-7-12)9-17(11-4-5-11)15(20)13(16)8-14(18)19/h2-3,6-7,11,13H,4-5,8-9,16H2,1H3,(H,18,19). The fraction of sp³-hybridized carbons (Fsp3) is 0.467. The molecule has 1 aromatic rings. The number of nitrogens with zero attached hydrogens (tertiary/aromatic N) is 1. The maximum atomic E-state index is 12.3. The Balaban J connectivity index is 2.04. The van der Waals surface area contributed by atoms with Crippen LogP contribution in [0.2, 0.25) is 0 Å². The Hall–Kier alpha value is -2.08. The minimum atomic E-state index is -1.06. The van der Waals surface area contributed by atoms with Gasteiger partial charge in [0.05, 0.1) is 19.6 Å². The van der Waals surface area contributed by atoms with Gasteiger partial charge >= 0.3 is 5.97 Å². The van der Waals surface area contributed by atoms with E-state index in [2.05, 4.69) is 0 Å². The number of carboxylic acid groups (broad SMARTS) is 1. The predicted molar refractivity (Wildman–Crippen MR) is 76.8 cm³/mol. The average molecular weight is 292 g/mol. The van der Waals surface area contributed by atoms with Crippen molar-refractivity contribution in [1.29, 1.82) is 0 Å². The molecule has 0 aliphatic heterocycles. The number of aliphatic carboxylic acids is 1. The molecule has 0 spiro atoms. The van der Waals surface area contributed by atoms with E-state index in [0.29, 0.717) is 6.54 Å². The van der Waals surface area contributed by atoms with Crippen LogP contribution in [-0.2, 0) is 16.1 Å². The lowest BCUT2D eigenvalue weighted by molar-refractivity contribution is -0.142. The van der Waals surface area contributed by atoms with E-state index in [1.54, 1.807) is 12.0 Å². The van der Waals surface area contributed by atoms with Gasteiger partial charge in [-0.25, -0.2) is 0 Å². The molecule has 0 radical (unpaired) electrons. The molecule has 1 aromatic carbocycles. The fourth-order valence-corrected chi connectivity index (χ4v) is 2.19. The Bertz CT molecular complexity index is 511. The lowest BCUT2D eigenvalue weighted by Gasteiger charge is -2.25. The molecule has 1 fully saturated rings. The molecule has 21 heavy (non-hydrogen) atoms. The van der Waals surface area contributed by atoms with Gasteiger partial charge in [-0.15, -0.1) is 0 Å². The maximum absolute atomic E-state index is 12.3. The summed E-state index contributed by atoms with van der Waals surface area (Å²) in [6.07, 6.45) is 1.55. The summed E-state index contributed by atoms with van der Waals surface area (Å²) >= 11 is 0. The number of carbonyl (C=O) groups is 2. The number of methoxy groups -OCH3 is 1. The third-order valence-corrected chi connectivity index (χ3v) is 3.49. The zero-order chi connectivity index (χ0) is 15.4. The Morgan fingerprint density at radius 1 is 1.38 bits per heavy atom. The molecule has 3 N–H and O–H groups in total. The SMILES string of the molecule is COc1ccc(CN(C(=O)C(N)CC(=O)O)C2CC2)cc1. The molecule has 114 valence electrons. The number of nitrogens with two attached hydrogens (primary N) is 1. The smallest absolute Gasteiger partial charge is 0.305 e. The first kappa shape index (κ1) is 15.3. The van der Waals surface area contributed by atoms with Gasteiger partial charge in [0.2, 0.25) is 5.91 Å². The normalized spacial score (nSPS) is 15.3. The molecule has 0 aromatic heterocycles. The number of carboxylic acids is 1. The maximum Gasteiger partial charge on any atom is 0.305 e. The van der Waals surface area contributed by atoms with Crippen LogP contribution < -0.4 is 10.5 Å². The van der Waals surface area contributed by atoms with Crippen molar-refractivity contribution < 1.29 is 19.4 Å². The van der Waals surface area contributed by atoms with Crippen LogP contribution in [0, 0.1) is 0 Å². The lowest BCUT2D eigenvalue weighted by atomic mass is 10.1. The molecule has 1 saturated carbocycles. The Kier molecular flexibility index (Phi) is 4.80. The van der Waals surface area contributed by atoms with E-state index in [0.717, 1.165) is 24.2 Å². The molecule has 2 rings (SSSR count). The summed E-state index contributed by atoms with van der Waals surface area (Å²) in [5.41, 5.74) is 6.66. The minimum absolute atomic E-state index is 0.180. The van der Waals surface area contributed by atoms with Crippen molar-refractivity contribution in [2.24, 2.45) is 5.73 Å². The van der Waals surface area contributed by atoms with E-state index in [-0.39, 0.29) is 18.4 Å². The number of benzene rings is 1. The molecule has 1 atom stereocenters. The van der Waals surface area contributed by atoms with Crippen LogP contribution in [0.4, 0.5) is 0 Å². The van der Waals surface area contributed by atoms with E-state index in [9.17, 15) is 9.59 Å². The Morgan fingerprint density at radius 2 is 2.00 bits per heavy atom. The topological polar surface area (TPSA) is 92.9 Å². The zero-order valence-corrected chi connectivity index (χ0v) is 12.0. The summed E-state index contributed by atoms with van der Waals surface area (Å²) in [5.74, 6) is -0.600. The summed E-state index contributed by atoms with van der Waals surface area (Å²) < 4.78 is 5.10. The van der Waals surface area contributed by atoms with Gasteiger partial charge in [-0.1, -0.05) is 12.1 Å². The van der Waals surface area contributed by atoms with Gasteiger partial charge in [0.15, 0.2) is 0 Å². The van der Waals surface area contributed by atoms with Crippen LogP contribution in [0.25, 0.3) is 0 Å². The summed E-state index contributed by atoms with van der Waals surface area (Å²) in [6, 6.07) is 6.65. The summed E-state index contributed by atoms with van der Waals surface area (Å²) in [6.45, 7) is 0.445. The molecular formula is C15H20N2O4. The second kappa shape index (κ2) is 6.58. The van der Waals surface area contributed by atoms with Crippen LogP contribution >= 0.6 is 0 Å². The summed E-state index contributed by atoms with van der Waals surface area (Å²) in [4.78, 5) is 24.7. The van der Waals surface area contributed by atoms with Gasteiger partial charge < -0.3 is 20.5 Å². The number of carbonyl (C=O) groups excluding carboxylic acids is 1. The van der Waals surface area contributed by atoms with Gasteiger partial charge in [0, 0.05) is 12.6 Å². The third kappa shape index (κ3) is 4.19. The van der Waals surface area contributed by atoms with Crippen molar-refractivity contribution in [1.82, 2.24) is 4.90 Å². The van der Waals surface area contributed by atoms with Crippen molar-refractivity contribution in [3.8, 4) is 5.75 Å². The van der Waals surface area contributed by atoms with Crippen molar-refractivity contribution >= 4 is 11.9 Å². The van der Waals surface area contributed by atoms with Crippen molar-refractivity contribution in [2.75, 3.05) is 7.11 Å². The van der Waals surface area contributed by atoms with Crippen LogP contribution in [0.3, 0.4) is 0 Å². The molecule has 1 unspecified atom stereocenters. The van der Waals surface area contributed by atoms with Gasteiger partial charge in [-0.3, -0.25) is 9.59 Å². The molecule has 6 heteroatoms. The highest BCUT2D eigenvalue weighted by Gasteiger charge is 2.35. The number of hydrogen-bond donors (Lipinski definition) is 2. The highest BCUT2D eigenvalue weighted by Crippen LogP contribution is 2.29. The van der Waals surface area contributed by atoms with Crippen LogP contribution in [0.1, 0.15) is 24.8 Å². The average Bonchev–Trinajstić information content (AvgIpc) is 3.28. The highest BCUT2D eigenvalue weighted by molar-refractivity contribution is 5.86. The first-order chi connectivity index (χ1) is 10.0. The molecule has 1 aliphatic rings. The van der Waals surface area contributed by atoms with E-state index in [4.69, 9.17) is 15.6 Å².